The van der Waals surface area contributed by atoms with Gasteiger partial charge in [0.05, 0.1) is 13.1 Å². The van der Waals surface area contributed by atoms with E-state index in [0.717, 1.165) is 50.0 Å². The zero-order chi connectivity index (χ0) is 27.6. The van der Waals surface area contributed by atoms with Crippen LogP contribution in [0, 0.1) is 12.3 Å². The Bertz CT molecular complexity index is 1300. The number of aryl methyl sites for hydroxylation is 1. The minimum atomic E-state index is -0.971. The summed E-state index contributed by atoms with van der Waals surface area (Å²) in [6, 6.07) is 13.7. The Hall–Kier alpha value is -4.47. The lowest BCUT2D eigenvalue weighted by Crippen LogP contribution is -2.32. The number of benzene rings is 2. The van der Waals surface area contributed by atoms with Crippen molar-refractivity contribution in [2.75, 3.05) is 30.3 Å². The molecule has 0 amide bonds. The van der Waals surface area contributed by atoms with Crippen LogP contribution >= 0.6 is 0 Å². The van der Waals surface area contributed by atoms with Crippen LogP contribution in [0.3, 0.4) is 0 Å². The molecule has 10 nitrogen and oxygen atoms in total. The number of aromatic nitrogens is 2. The monoisotopic (exact) mass is 529 g/mol. The minimum absolute atomic E-state index is 0.0316. The van der Waals surface area contributed by atoms with E-state index in [1.54, 1.807) is 42.7 Å². The molecule has 7 N–H and O–H groups in total. The molecule has 0 aliphatic carbocycles. The Balaban J connectivity index is 1.60. The summed E-state index contributed by atoms with van der Waals surface area (Å²) in [5, 5.41) is 27.8. The Kier molecular flexibility index (Phi) is 9.44. The van der Waals surface area contributed by atoms with Crippen molar-refractivity contribution in [3.05, 3.63) is 77.6 Å². The van der Waals surface area contributed by atoms with E-state index in [1.165, 1.54) is 12.3 Å². The van der Waals surface area contributed by atoms with Crippen molar-refractivity contribution in [3.8, 4) is 0 Å². The summed E-state index contributed by atoms with van der Waals surface area (Å²) in [6.07, 6.45) is 8.65. The molecule has 1 aliphatic heterocycles. The van der Waals surface area contributed by atoms with Crippen LogP contribution in [-0.4, -0.2) is 56.9 Å². The van der Waals surface area contributed by atoms with Gasteiger partial charge < -0.3 is 21.5 Å². The molecule has 0 bridgehead atoms. The highest BCUT2D eigenvalue weighted by Gasteiger charge is 2.24. The summed E-state index contributed by atoms with van der Waals surface area (Å²) in [5.41, 5.74) is 9.40. The molecule has 1 aliphatic rings. The highest BCUT2D eigenvalue weighted by Crippen LogP contribution is 2.27. The first kappa shape index (κ1) is 27.6. The lowest BCUT2D eigenvalue weighted by Gasteiger charge is -2.19. The van der Waals surface area contributed by atoms with Crippen molar-refractivity contribution < 1.29 is 14.5 Å². The second-order valence-electron chi connectivity index (χ2n) is 9.70. The third kappa shape index (κ3) is 7.76. The van der Waals surface area contributed by atoms with Gasteiger partial charge in [-0.15, -0.1) is 0 Å². The molecule has 1 unspecified atom stereocenters. The van der Waals surface area contributed by atoms with Gasteiger partial charge in [-0.2, -0.15) is 0 Å². The standard InChI is InChI=1S/C29H36N8O2/c1-20-17-22(26(28(38)39)36-23-10-8-21(9-11-23)27(30)31)19-24(18-20)37(25-7-3-2-4-12-32-25)16-6-15-35-29-33-13-5-14-34-29/h5,8-11,13-14,17-19,26H,2-4,6-7,12,15-16H2,1H3,(H6,30,31,33,34,35,36,38,39)/p+1. The number of nitrogen functional groups attached to an aromatic ring is 1. The van der Waals surface area contributed by atoms with Crippen LogP contribution in [0.5, 0.6) is 0 Å². The second-order valence-corrected chi connectivity index (χ2v) is 9.70. The van der Waals surface area contributed by atoms with Gasteiger partial charge in [-0.25, -0.2) is 19.3 Å². The van der Waals surface area contributed by atoms with E-state index in [4.69, 9.17) is 11.1 Å². The summed E-state index contributed by atoms with van der Waals surface area (Å²) in [4.78, 5) is 20.9. The third-order valence-electron chi connectivity index (χ3n) is 6.64. The summed E-state index contributed by atoms with van der Waals surface area (Å²) < 4.78 is 2.29. The number of amidine groups is 2. The first-order valence-corrected chi connectivity index (χ1v) is 13.3. The lowest BCUT2D eigenvalue weighted by molar-refractivity contribution is -0.444. The summed E-state index contributed by atoms with van der Waals surface area (Å²) in [5.74, 6) is 0.769. The van der Waals surface area contributed by atoms with Gasteiger partial charge in [-0.1, -0.05) is 6.07 Å². The van der Waals surface area contributed by atoms with Crippen LogP contribution in [0.2, 0.25) is 0 Å². The van der Waals surface area contributed by atoms with Gasteiger partial charge in [0.1, 0.15) is 11.5 Å². The van der Waals surface area contributed by atoms with Crippen molar-refractivity contribution in [2.45, 2.75) is 45.1 Å². The number of carboxylic acids is 1. The number of hydrogen-bond donors (Lipinski definition) is 6. The molecule has 2 heterocycles. The smallest absolute Gasteiger partial charge is 0.330 e. The van der Waals surface area contributed by atoms with Gasteiger partial charge in [0.15, 0.2) is 6.04 Å². The molecule has 204 valence electrons. The first-order chi connectivity index (χ1) is 18.9. The molecule has 1 aromatic heterocycles. The number of aliphatic carboxylic acids is 1. The van der Waals surface area contributed by atoms with E-state index in [-0.39, 0.29) is 5.84 Å². The van der Waals surface area contributed by atoms with Gasteiger partial charge >= 0.3 is 5.97 Å². The van der Waals surface area contributed by atoms with Crippen LogP contribution in [0.25, 0.3) is 0 Å². The normalized spacial score (nSPS) is 15.4. The first-order valence-electron chi connectivity index (χ1n) is 13.3. The van der Waals surface area contributed by atoms with Crippen molar-refractivity contribution in [2.24, 2.45) is 5.73 Å². The lowest BCUT2D eigenvalue weighted by atomic mass is 10.0. The number of nitrogens with two attached hydrogens (primary N) is 1. The molecule has 1 atom stereocenters. The maximum Gasteiger partial charge on any atom is 0.330 e. The average molecular weight is 530 g/mol. The Morgan fingerprint density at radius 3 is 2.64 bits per heavy atom. The maximum atomic E-state index is 12.4. The topological polar surface area (TPSA) is 152 Å². The van der Waals surface area contributed by atoms with Crippen LogP contribution < -0.4 is 21.7 Å². The summed E-state index contributed by atoms with van der Waals surface area (Å²) >= 11 is 0. The zero-order valence-corrected chi connectivity index (χ0v) is 22.3. The third-order valence-corrected chi connectivity index (χ3v) is 6.64. The molecule has 0 spiro atoms. The number of anilines is 2. The Morgan fingerprint density at radius 2 is 1.92 bits per heavy atom. The fourth-order valence-corrected chi connectivity index (χ4v) is 4.71. The average Bonchev–Trinajstić information content (AvgIpc) is 3.21. The Morgan fingerprint density at radius 1 is 1.15 bits per heavy atom. The molecule has 1 saturated heterocycles. The van der Waals surface area contributed by atoms with Crippen molar-refractivity contribution >= 4 is 35.0 Å². The van der Waals surface area contributed by atoms with Crippen LogP contribution in [0.4, 0.5) is 17.3 Å². The van der Waals surface area contributed by atoms with Gasteiger partial charge in [-0.3, -0.25) is 10.7 Å². The fourth-order valence-electron chi connectivity index (χ4n) is 4.71. The van der Waals surface area contributed by atoms with Crippen molar-refractivity contribution in [1.29, 1.82) is 5.41 Å². The maximum absolute atomic E-state index is 12.4. The Labute approximate surface area is 228 Å². The number of nitrogens with one attached hydrogen (secondary N) is 4. The predicted molar refractivity (Wildman–Crippen MR) is 154 cm³/mol. The number of rotatable bonds is 11. The molecule has 1 fully saturated rings. The molecular formula is C29H37N8O2+. The summed E-state index contributed by atoms with van der Waals surface area (Å²) in [6.45, 7) is 4.38. The summed E-state index contributed by atoms with van der Waals surface area (Å²) in [7, 11) is 0. The van der Waals surface area contributed by atoms with E-state index in [0.29, 0.717) is 29.3 Å². The molecule has 4 rings (SSSR count). The molecule has 10 heteroatoms. The number of hydrogen-bond acceptors (Lipinski definition) is 6. The van der Waals surface area contributed by atoms with Crippen molar-refractivity contribution in [3.63, 3.8) is 0 Å². The van der Waals surface area contributed by atoms with E-state index in [9.17, 15) is 9.90 Å². The SMILES string of the molecule is Cc1cc(C(Nc2ccc(C(=N)N)cc2)C(=O)O)cc([N+](CCCNc2ncccn2)=C2CCCCCN2)c1. The van der Waals surface area contributed by atoms with E-state index < -0.39 is 12.0 Å². The van der Waals surface area contributed by atoms with Crippen molar-refractivity contribution in [1.82, 2.24) is 15.3 Å². The highest BCUT2D eigenvalue weighted by molar-refractivity contribution is 5.95. The van der Waals surface area contributed by atoms with Crippen LogP contribution in [0.15, 0.2) is 60.9 Å². The molecule has 0 radical (unpaired) electrons. The highest BCUT2D eigenvalue weighted by atomic mass is 16.4. The van der Waals surface area contributed by atoms with Gasteiger partial charge in [0.25, 0.3) is 0 Å². The van der Waals surface area contributed by atoms with Crippen LogP contribution in [-0.2, 0) is 4.79 Å². The van der Waals surface area contributed by atoms with Gasteiger partial charge in [0.2, 0.25) is 11.8 Å². The fraction of sp³-hybridized carbons (Fsp3) is 0.345. The molecule has 39 heavy (non-hydrogen) atoms. The largest absolute Gasteiger partial charge is 0.479 e. The zero-order valence-electron chi connectivity index (χ0n) is 22.3. The van der Waals surface area contributed by atoms with Crippen LogP contribution in [0.1, 0.15) is 54.8 Å². The van der Waals surface area contributed by atoms with E-state index in [1.807, 2.05) is 19.1 Å². The minimum Gasteiger partial charge on any atom is -0.479 e. The number of nitrogens with zero attached hydrogens (tertiary/aromatic N) is 3. The molecule has 2 aromatic carbocycles. The van der Waals surface area contributed by atoms with E-state index >= 15 is 0 Å². The number of carboxylic acid groups (broad SMARTS) is 1. The number of carbonyl (C=O) groups is 1. The van der Waals surface area contributed by atoms with E-state index in [2.05, 4.69) is 36.6 Å². The predicted octanol–water partition coefficient (Wildman–Crippen LogP) is 4.02. The van der Waals surface area contributed by atoms with Gasteiger partial charge in [-0.05, 0) is 79.8 Å². The second kappa shape index (κ2) is 13.4. The quantitative estimate of drug-likeness (QED) is 0.0943. The molecule has 0 saturated carbocycles. The molecular weight excluding hydrogens is 492 g/mol. The molecule has 3 aromatic rings. The van der Waals surface area contributed by atoms with Gasteiger partial charge in [0, 0.05) is 43.0 Å².